The van der Waals surface area contributed by atoms with Crippen LogP contribution in [0.2, 0.25) is 5.02 Å². The Morgan fingerprint density at radius 1 is 1.00 bits per heavy atom. The summed E-state index contributed by atoms with van der Waals surface area (Å²) >= 11 is 5.84. The fourth-order valence-electron chi connectivity index (χ4n) is 2.28. The average Bonchev–Trinajstić information content (AvgIpc) is 3.10. The molecule has 0 bridgehead atoms. The van der Waals surface area contributed by atoms with E-state index in [1.165, 1.54) is 0 Å². The molecule has 0 saturated carbocycles. The minimum atomic E-state index is -4.49. The van der Waals surface area contributed by atoms with Crippen LogP contribution in [0.3, 0.4) is 0 Å². The average molecular weight is 365 g/mol. The van der Waals surface area contributed by atoms with Crippen molar-refractivity contribution in [3.63, 3.8) is 0 Å². The molecule has 0 fully saturated rings. The molecule has 3 aromatic rings. The van der Waals surface area contributed by atoms with Gasteiger partial charge in [0.15, 0.2) is 0 Å². The third kappa shape index (κ3) is 3.85. The number of carbonyl (C=O) groups is 1. The standard InChI is InChI=1S/C18H12ClF3N2O/c19-15-11-13(18(20,21)22)5-8-16(15)23-17(25)12-3-6-14(7-4-12)24-9-1-2-10-24/h1-11H,(H,23,25). The molecule has 0 aliphatic rings. The molecule has 0 spiro atoms. The van der Waals surface area contributed by atoms with E-state index in [-0.39, 0.29) is 10.7 Å². The smallest absolute Gasteiger partial charge is 0.324 e. The normalized spacial score (nSPS) is 11.4. The van der Waals surface area contributed by atoms with Crippen molar-refractivity contribution in [2.45, 2.75) is 6.18 Å². The van der Waals surface area contributed by atoms with Gasteiger partial charge in [-0.1, -0.05) is 11.6 Å². The lowest BCUT2D eigenvalue weighted by atomic mass is 10.1. The van der Waals surface area contributed by atoms with Crippen LogP contribution in [0.5, 0.6) is 0 Å². The van der Waals surface area contributed by atoms with E-state index < -0.39 is 17.6 Å². The summed E-state index contributed by atoms with van der Waals surface area (Å²) in [6, 6.07) is 13.3. The van der Waals surface area contributed by atoms with Crippen molar-refractivity contribution < 1.29 is 18.0 Å². The van der Waals surface area contributed by atoms with E-state index in [1.807, 2.05) is 29.1 Å². The summed E-state index contributed by atoms with van der Waals surface area (Å²) in [4.78, 5) is 12.2. The molecule has 0 saturated heterocycles. The highest BCUT2D eigenvalue weighted by atomic mass is 35.5. The second-order valence-corrected chi connectivity index (χ2v) is 5.69. The summed E-state index contributed by atoms with van der Waals surface area (Å²) in [5.41, 5.74) is 0.502. The first-order chi connectivity index (χ1) is 11.8. The Kier molecular flexibility index (Phi) is 4.55. The first-order valence-electron chi connectivity index (χ1n) is 7.26. The van der Waals surface area contributed by atoms with Gasteiger partial charge in [0.25, 0.3) is 5.91 Å². The maximum Gasteiger partial charge on any atom is 0.416 e. The third-order valence-electron chi connectivity index (χ3n) is 3.58. The summed E-state index contributed by atoms with van der Waals surface area (Å²) in [6.07, 6.45) is -0.741. The van der Waals surface area contributed by atoms with Gasteiger partial charge in [0, 0.05) is 23.6 Å². The van der Waals surface area contributed by atoms with Gasteiger partial charge in [-0.05, 0) is 54.6 Å². The number of nitrogens with one attached hydrogen (secondary N) is 1. The van der Waals surface area contributed by atoms with E-state index in [9.17, 15) is 18.0 Å². The molecular weight excluding hydrogens is 353 g/mol. The minimum Gasteiger partial charge on any atom is -0.324 e. The van der Waals surface area contributed by atoms with Crippen molar-refractivity contribution in [1.29, 1.82) is 0 Å². The Labute approximate surface area is 146 Å². The molecule has 7 heteroatoms. The van der Waals surface area contributed by atoms with Crippen LogP contribution in [-0.2, 0) is 6.18 Å². The van der Waals surface area contributed by atoms with E-state index in [0.29, 0.717) is 5.56 Å². The van der Waals surface area contributed by atoms with E-state index >= 15 is 0 Å². The second kappa shape index (κ2) is 6.64. The first-order valence-corrected chi connectivity index (χ1v) is 7.64. The number of hydrogen-bond acceptors (Lipinski definition) is 1. The van der Waals surface area contributed by atoms with Gasteiger partial charge >= 0.3 is 6.18 Å². The summed E-state index contributed by atoms with van der Waals surface area (Å²) in [6.45, 7) is 0. The van der Waals surface area contributed by atoms with Crippen LogP contribution in [0.4, 0.5) is 18.9 Å². The number of benzene rings is 2. The highest BCUT2D eigenvalue weighted by Gasteiger charge is 2.31. The monoisotopic (exact) mass is 364 g/mol. The highest BCUT2D eigenvalue weighted by Crippen LogP contribution is 2.33. The fraction of sp³-hybridized carbons (Fsp3) is 0.0556. The van der Waals surface area contributed by atoms with E-state index in [1.54, 1.807) is 24.3 Å². The van der Waals surface area contributed by atoms with Crippen molar-refractivity contribution >= 4 is 23.2 Å². The van der Waals surface area contributed by atoms with Crippen LogP contribution in [-0.4, -0.2) is 10.5 Å². The van der Waals surface area contributed by atoms with Gasteiger partial charge in [0.2, 0.25) is 0 Å². The van der Waals surface area contributed by atoms with Crippen LogP contribution in [0, 0.1) is 0 Å². The van der Waals surface area contributed by atoms with E-state index in [4.69, 9.17) is 11.6 Å². The largest absolute Gasteiger partial charge is 0.416 e. The first kappa shape index (κ1) is 17.1. The van der Waals surface area contributed by atoms with E-state index in [0.717, 1.165) is 23.9 Å². The van der Waals surface area contributed by atoms with Crippen LogP contribution < -0.4 is 5.32 Å². The maximum absolute atomic E-state index is 12.6. The predicted octanol–water partition coefficient (Wildman–Crippen LogP) is 5.40. The quantitative estimate of drug-likeness (QED) is 0.663. The molecule has 2 aromatic carbocycles. The molecule has 0 aliphatic heterocycles. The number of carbonyl (C=O) groups excluding carboxylic acids is 1. The molecule has 1 heterocycles. The van der Waals surface area contributed by atoms with Crippen LogP contribution in [0.25, 0.3) is 5.69 Å². The topological polar surface area (TPSA) is 34.0 Å². The lowest BCUT2D eigenvalue weighted by Gasteiger charge is -2.11. The molecule has 25 heavy (non-hydrogen) atoms. The number of anilines is 1. The lowest BCUT2D eigenvalue weighted by Crippen LogP contribution is -2.13. The molecule has 3 rings (SSSR count). The van der Waals surface area contributed by atoms with Gasteiger partial charge < -0.3 is 9.88 Å². The molecule has 128 valence electrons. The van der Waals surface area contributed by atoms with Crippen molar-refractivity contribution in [3.05, 3.63) is 83.1 Å². The zero-order valence-corrected chi connectivity index (χ0v) is 13.5. The predicted molar refractivity (Wildman–Crippen MR) is 90.2 cm³/mol. The van der Waals surface area contributed by atoms with Crippen LogP contribution >= 0.6 is 11.6 Å². The van der Waals surface area contributed by atoms with Gasteiger partial charge in [-0.25, -0.2) is 0 Å². The molecule has 0 radical (unpaired) electrons. The van der Waals surface area contributed by atoms with Crippen molar-refractivity contribution in [2.75, 3.05) is 5.32 Å². The van der Waals surface area contributed by atoms with Crippen LogP contribution in [0.1, 0.15) is 15.9 Å². The summed E-state index contributed by atoms with van der Waals surface area (Å²) in [7, 11) is 0. The maximum atomic E-state index is 12.6. The Hall–Kier alpha value is -2.73. The molecule has 0 unspecified atom stereocenters. The van der Waals surface area contributed by atoms with Crippen LogP contribution in [0.15, 0.2) is 67.0 Å². The Morgan fingerprint density at radius 3 is 2.20 bits per heavy atom. The number of nitrogens with zero attached hydrogens (tertiary/aromatic N) is 1. The number of rotatable bonds is 3. The van der Waals surface area contributed by atoms with Gasteiger partial charge in [-0.15, -0.1) is 0 Å². The Morgan fingerprint density at radius 2 is 1.64 bits per heavy atom. The summed E-state index contributed by atoms with van der Waals surface area (Å²) in [5.74, 6) is -0.458. The Balaban J connectivity index is 1.76. The second-order valence-electron chi connectivity index (χ2n) is 5.28. The summed E-state index contributed by atoms with van der Waals surface area (Å²) < 4.78 is 39.8. The highest BCUT2D eigenvalue weighted by molar-refractivity contribution is 6.34. The minimum absolute atomic E-state index is 0.120. The zero-order chi connectivity index (χ0) is 18.0. The fourth-order valence-corrected chi connectivity index (χ4v) is 2.51. The van der Waals surface area contributed by atoms with Gasteiger partial charge in [0.1, 0.15) is 0 Å². The lowest BCUT2D eigenvalue weighted by molar-refractivity contribution is -0.137. The zero-order valence-electron chi connectivity index (χ0n) is 12.7. The van der Waals surface area contributed by atoms with Gasteiger partial charge in [-0.3, -0.25) is 4.79 Å². The molecule has 1 aromatic heterocycles. The number of amides is 1. The number of aromatic nitrogens is 1. The molecule has 0 atom stereocenters. The molecule has 3 nitrogen and oxygen atoms in total. The third-order valence-corrected chi connectivity index (χ3v) is 3.89. The summed E-state index contributed by atoms with van der Waals surface area (Å²) in [5, 5.41) is 2.34. The number of alkyl halides is 3. The van der Waals surface area contributed by atoms with Crippen molar-refractivity contribution in [3.8, 4) is 5.69 Å². The number of hydrogen-bond donors (Lipinski definition) is 1. The van der Waals surface area contributed by atoms with Crippen molar-refractivity contribution in [1.82, 2.24) is 4.57 Å². The molecular formula is C18H12ClF3N2O. The Bertz CT molecular complexity index is 888. The number of halogens is 4. The van der Waals surface area contributed by atoms with Crippen molar-refractivity contribution in [2.24, 2.45) is 0 Å². The SMILES string of the molecule is O=C(Nc1ccc(C(F)(F)F)cc1Cl)c1ccc(-n2cccc2)cc1. The molecule has 1 amide bonds. The van der Waals surface area contributed by atoms with Gasteiger partial charge in [0.05, 0.1) is 16.3 Å². The van der Waals surface area contributed by atoms with E-state index in [2.05, 4.69) is 5.32 Å². The molecule has 1 N–H and O–H groups in total. The van der Waals surface area contributed by atoms with Gasteiger partial charge in [-0.2, -0.15) is 13.2 Å². The molecule has 0 aliphatic carbocycles.